The van der Waals surface area contributed by atoms with Gasteiger partial charge in [-0.15, -0.1) is 11.3 Å². The topological polar surface area (TPSA) is 63.8 Å². The molecular formula is C12H16N4S. The normalized spacial score (nSPS) is 12.6. The van der Waals surface area contributed by atoms with Crippen molar-refractivity contribution in [1.82, 2.24) is 15.3 Å². The predicted octanol–water partition coefficient (Wildman–Crippen LogP) is 2.13. The molecule has 2 heterocycles. The number of anilines is 1. The molecule has 0 aliphatic rings. The largest absolute Gasteiger partial charge is 0.383 e. The molecule has 0 saturated carbocycles. The van der Waals surface area contributed by atoms with E-state index in [-0.39, 0.29) is 6.04 Å². The number of aromatic nitrogens is 2. The highest BCUT2D eigenvalue weighted by molar-refractivity contribution is 7.07. The Bertz CT molecular complexity index is 481. The van der Waals surface area contributed by atoms with Gasteiger partial charge in [0.25, 0.3) is 0 Å². The fraction of sp³-hybridized carbons (Fsp3) is 0.333. The predicted molar refractivity (Wildman–Crippen MR) is 71.0 cm³/mol. The Labute approximate surface area is 105 Å². The van der Waals surface area contributed by atoms with E-state index in [1.165, 1.54) is 0 Å². The quantitative estimate of drug-likeness (QED) is 0.870. The molecule has 2 rings (SSSR count). The molecule has 5 heteroatoms. The molecule has 0 fully saturated rings. The molecule has 0 saturated heterocycles. The summed E-state index contributed by atoms with van der Waals surface area (Å²) in [5.74, 6) is 0.564. The fourth-order valence-corrected chi connectivity index (χ4v) is 2.36. The number of nitrogens with zero attached hydrogens (tertiary/aromatic N) is 2. The standard InChI is InChI=1S/C12H16N4S/c1-3-14-11(10-6-17-7-16-10)9-4-8(2)5-15-12(9)13/h4-7,11,14H,3H2,1-2H3,(H2,13,15). The van der Waals surface area contributed by atoms with Crippen LogP contribution in [0.3, 0.4) is 0 Å². The molecule has 0 amide bonds. The maximum absolute atomic E-state index is 5.95. The van der Waals surface area contributed by atoms with Crippen molar-refractivity contribution < 1.29 is 0 Å². The van der Waals surface area contributed by atoms with Crippen LogP contribution < -0.4 is 11.1 Å². The maximum Gasteiger partial charge on any atom is 0.128 e. The second-order valence-corrected chi connectivity index (χ2v) is 4.61. The first-order valence-corrected chi connectivity index (χ1v) is 6.50. The summed E-state index contributed by atoms with van der Waals surface area (Å²) in [6.07, 6.45) is 1.78. The van der Waals surface area contributed by atoms with Crippen molar-refractivity contribution in [3.05, 3.63) is 40.0 Å². The van der Waals surface area contributed by atoms with Crippen molar-refractivity contribution in [3.8, 4) is 0 Å². The van der Waals surface area contributed by atoms with Crippen LogP contribution in [-0.4, -0.2) is 16.5 Å². The third-order valence-corrected chi connectivity index (χ3v) is 3.16. The average Bonchev–Trinajstić information content (AvgIpc) is 2.83. The van der Waals surface area contributed by atoms with Gasteiger partial charge in [-0.05, 0) is 25.1 Å². The fourth-order valence-electron chi connectivity index (χ4n) is 1.78. The van der Waals surface area contributed by atoms with Crippen LogP contribution in [0.4, 0.5) is 5.82 Å². The second-order valence-electron chi connectivity index (χ2n) is 3.89. The van der Waals surface area contributed by atoms with Crippen LogP contribution in [0.15, 0.2) is 23.2 Å². The zero-order chi connectivity index (χ0) is 12.3. The van der Waals surface area contributed by atoms with E-state index in [2.05, 4.69) is 28.3 Å². The van der Waals surface area contributed by atoms with E-state index in [1.54, 1.807) is 17.5 Å². The first-order chi connectivity index (χ1) is 8.22. The van der Waals surface area contributed by atoms with Gasteiger partial charge in [0.1, 0.15) is 5.82 Å². The van der Waals surface area contributed by atoms with E-state index >= 15 is 0 Å². The molecule has 0 bridgehead atoms. The van der Waals surface area contributed by atoms with Crippen LogP contribution in [-0.2, 0) is 0 Å². The van der Waals surface area contributed by atoms with Gasteiger partial charge in [-0.2, -0.15) is 0 Å². The molecule has 90 valence electrons. The molecule has 1 atom stereocenters. The summed E-state index contributed by atoms with van der Waals surface area (Å²) in [7, 11) is 0. The van der Waals surface area contributed by atoms with Crippen LogP contribution in [0.25, 0.3) is 0 Å². The van der Waals surface area contributed by atoms with E-state index in [0.29, 0.717) is 5.82 Å². The molecule has 0 aliphatic carbocycles. The number of pyridine rings is 1. The Balaban J connectivity index is 2.42. The first-order valence-electron chi connectivity index (χ1n) is 5.56. The van der Waals surface area contributed by atoms with Crippen molar-refractivity contribution in [2.24, 2.45) is 0 Å². The molecule has 0 radical (unpaired) electrons. The average molecular weight is 248 g/mol. The highest BCUT2D eigenvalue weighted by Crippen LogP contribution is 2.26. The SMILES string of the molecule is CCNC(c1cscn1)c1cc(C)cnc1N. The summed E-state index contributed by atoms with van der Waals surface area (Å²) < 4.78 is 0. The second kappa shape index (κ2) is 5.25. The monoisotopic (exact) mass is 248 g/mol. The Kier molecular flexibility index (Phi) is 3.71. The minimum absolute atomic E-state index is 0.0265. The number of nitrogens with two attached hydrogens (primary N) is 1. The number of nitrogens with one attached hydrogen (secondary N) is 1. The summed E-state index contributed by atoms with van der Waals surface area (Å²) in [6.45, 7) is 4.94. The number of hydrogen-bond donors (Lipinski definition) is 2. The number of aryl methyl sites for hydroxylation is 1. The highest BCUT2D eigenvalue weighted by atomic mass is 32.1. The van der Waals surface area contributed by atoms with Gasteiger partial charge in [0.15, 0.2) is 0 Å². The first kappa shape index (κ1) is 12.0. The lowest BCUT2D eigenvalue weighted by atomic mass is 10.0. The zero-order valence-corrected chi connectivity index (χ0v) is 10.8. The Morgan fingerprint density at radius 3 is 2.94 bits per heavy atom. The number of rotatable bonds is 4. The van der Waals surface area contributed by atoms with Crippen molar-refractivity contribution >= 4 is 17.2 Å². The lowest BCUT2D eigenvalue weighted by molar-refractivity contribution is 0.618. The summed E-state index contributed by atoms with van der Waals surface area (Å²) >= 11 is 1.59. The van der Waals surface area contributed by atoms with Crippen LogP contribution in [0.1, 0.15) is 29.8 Å². The third kappa shape index (κ3) is 2.62. The van der Waals surface area contributed by atoms with Gasteiger partial charge in [-0.1, -0.05) is 6.92 Å². The highest BCUT2D eigenvalue weighted by Gasteiger charge is 2.18. The van der Waals surface area contributed by atoms with Gasteiger partial charge in [0, 0.05) is 17.1 Å². The van der Waals surface area contributed by atoms with Gasteiger partial charge in [0.05, 0.1) is 17.2 Å². The van der Waals surface area contributed by atoms with Crippen LogP contribution in [0.5, 0.6) is 0 Å². The smallest absolute Gasteiger partial charge is 0.128 e. The summed E-state index contributed by atoms with van der Waals surface area (Å²) in [5.41, 5.74) is 10.9. The lowest BCUT2D eigenvalue weighted by Crippen LogP contribution is -2.23. The van der Waals surface area contributed by atoms with Crippen molar-refractivity contribution in [2.75, 3.05) is 12.3 Å². The number of nitrogen functional groups attached to an aromatic ring is 1. The molecule has 0 spiro atoms. The molecule has 1 unspecified atom stereocenters. The third-order valence-electron chi connectivity index (χ3n) is 2.55. The van der Waals surface area contributed by atoms with Crippen molar-refractivity contribution in [3.63, 3.8) is 0 Å². The van der Waals surface area contributed by atoms with Gasteiger partial charge in [-0.25, -0.2) is 9.97 Å². The molecule has 3 N–H and O–H groups in total. The summed E-state index contributed by atoms with van der Waals surface area (Å²) in [4.78, 5) is 8.56. The van der Waals surface area contributed by atoms with E-state index < -0.39 is 0 Å². The Morgan fingerprint density at radius 2 is 2.29 bits per heavy atom. The van der Waals surface area contributed by atoms with Crippen molar-refractivity contribution in [2.45, 2.75) is 19.9 Å². The zero-order valence-electron chi connectivity index (χ0n) is 9.97. The van der Waals surface area contributed by atoms with Gasteiger partial charge in [-0.3, -0.25) is 0 Å². The molecule has 0 aliphatic heterocycles. The Morgan fingerprint density at radius 1 is 1.47 bits per heavy atom. The van der Waals surface area contributed by atoms with Crippen LogP contribution in [0, 0.1) is 6.92 Å². The number of hydrogen-bond acceptors (Lipinski definition) is 5. The van der Waals surface area contributed by atoms with E-state index in [0.717, 1.165) is 23.4 Å². The molecule has 4 nitrogen and oxygen atoms in total. The molecule has 2 aromatic rings. The van der Waals surface area contributed by atoms with E-state index in [9.17, 15) is 0 Å². The molecular weight excluding hydrogens is 232 g/mol. The van der Waals surface area contributed by atoms with Crippen molar-refractivity contribution in [1.29, 1.82) is 0 Å². The molecule has 0 aromatic carbocycles. The van der Waals surface area contributed by atoms with Gasteiger partial charge >= 0.3 is 0 Å². The minimum atomic E-state index is 0.0265. The van der Waals surface area contributed by atoms with Crippen LogP contribution in [0.2, 0.25) is 0 Å². The number of thiazole rings is 1. The van der Waals surface area contributed by atoms with Crippen LogP contribution >= 0.6 is 11.3 Å². The summed E-state index contributed by atoms with van der Waals surface area (Å²) in [5, 5.41) is 5.43. The minimum Gasteiger partial charge on any atom is -0.383 e. The van der Waals surface area contributed by atoms with Gasteiger partial charge < -0.3 is 11.1 Å². The summed E-state index contributed by atoms with van der Waals surface area (Å²) in [6, 6.07) is 2.09. The van der Waals surface area contributed by atoms with Gasteiger partial charge in [0.2, 0.25) is 0 Å². The molecule has 17 heavy (non-hydrogen) atoms. The lowest BCUT2D eigenvalue weighted by Gasteiger charge is -2.18. The van der Waals surface area contributed by atoms with E-state index in [1.807, 2.05) is 17.8 Å². The van der Waals surface area contributed by atoms with E-state index in [4.69, 9.17) is 5.73 Å². The molecule has 2 aromatic heterocycles. The Hall–Kier alpha value is -1.46. The maximum atomic E-state index is 5.95.